The molecular formula is C37H41N7O3. The van der Waals surface area contributed by atoms with Crippen molar-refractivity contribution in [1.82, 2.24) is 34.8 Å². The number of phenols is 1. The molecule has 8 rings (SSSR count). The molecule has 242 valence electrons. The molecule has 3 aliphatic heterocycles. The van der Waals surface area contributed by atoms with E-state index >= 15 is 0 Å². The summed E-state index contributed by atoms with van der Waals surface area (Å²) < 4.78 is 8.35. The maximum atomic E-state index is 13.7. The van der Waals surface area contributed by atoms with Crippen LogP contribution in [-0.2, 0) is 5.41 Å². The number of aromatic hydroxyl groups is 1. The van der Waals surface area contributed by atoms with Crippen molar-refractivity contribution >= 4 is 16.9 Å². The summed E-state index contributed by atoms with van der Waals surface area (Å²) in [4.78, 5) is 23.3. The lowest BCUT2D eigenvalue weighted by Gasteiger charge is -2.45. The highest BCUT2D eigenvalue weighted by atomic mass is 16.5. The second-order valence-electron chi connectivity index (χ2n) is 13.5. The van der Waals surface area contributed by atoms with Gasteiger partial charge in [-0.1, -0.05) is 52.8 Å². The summed E-state index contributed by atoms with van der Waals surface area (Å²) in [6.07, 6.45) is 7.73. The number of rotatable bonds is 8. The van der Waals surface area contributed by atoms with Crippen molar-refractivity contribution in [1.29, 1.82) is 0 Å². The van der Waals surface area contributed by atoms with E-state index in [0.29, 0.717) is 37.0 Å². The van der Waals surface area contributed by atoms with Crippen LogP contribution in [0.1, 0.15) is 72.9 Å². The van der Waals surface area contributed by atoms with E-state index in [0.717, 1.165) is 37.1 Å². The summed E-state index contributed by atoms with van der Waals surface area (Å²) in [5.41, 5.74) is 3.97. The Hall–Kier alpha value is -4.70. The maximum absolute atomic E-state index is 13.7. The fourth-order valence-electron chi connectivity index (χ4n) is 8.62. The zero-order valence-corrected chi connectivity index (χ0v) is 26.8. The number of phenolic OH excluding ortho intramolecular Hbond substituents is 1. The Kier molecular flexibility index (Phi) is 7.67. The molecule has 47 heavy (non-hydrogen) atoms. The van der Waals surface area contributed by atoms with Gasteiger partial charge in [-0.25, -0.2) is 10.1 Å². The minimum absolute atomic E-state index is 0.00305. The van der Waals surface area contributed by atoms with E-state index in [1.54, 1.807) is 12.1 Å². The van der Waals surface area contributed by atoms with Crippen LogP contribution in [0.4, 0.5) is 0 Å². The Balaban J connectivity index is 0.957. The summed E-state index contributed by atoms with van der Waals surface area (Å²) in [5.74, 6) is 1.71. The summed E-state index contributed by atoms with van der Waals surface area (Å²) >= 11 is 0. The third kappa shape index (κ3) is 5.54. The van der Waals surface area contributed by atoms with Crippen molar-refractivity contribution < 1.29 is 14.6 Å². The van der Waals surface area contributed by atoms with Gasteiger partial charge in [-0.05, 0) is 106 Å². The fourth-order valence-corrected chi connectivity index (χ4v) is 8.62. The van der Waals surface area contributed by atoms with E-state index in [1.165, 1.54) is 48.9 Å². The van der Waals surface area contributed by atoms with E-state index in [9.17, 15) is 9.90 Å². The summed E-state index contributed by atoms with van der Waals surface area (Å²) in [6.45, 7) is 4.52. The number of piperidine rings is 2. The van der Waals surface area contributed by atoms with E-state index in [4.69, 9.17) is 9.72 Å². The second-order valence-corrected chi connectivity index (χ2v) is 13.5. The van der Waals surface area contributed by atoms with E-state index in [-0.39, 0.29) is 28.6 Å². The fraction of sp³-hybridized carbons (Fsp3) is 0.405. The number of para-hydroxylation sites is 2. The van der Waals surface area contributed by atoms with Gasteiger partial charge < -0.3 is 19.3 Å². The third-order valence-electron chi connectivity index (χ3n) is 11.0. The summed E-state index contributed by atoms with van der Waals surface area (Å²) in [6, 6.07) is 27.5. The third-order valence-corrected chi connectivity index (χ3v) is 11.0. The molecule has 3 aliphatic rings. The van der Waals surface area contributed by atoms with Gasteiger partial charge in [-0.2, -0.15) is 0 Å². The number of aryl methyl sites for hydroxylation is 1. The van der Waals surface area contributed by atoms with Crippen LogP contribution < -0.4 is 4.74 Å². The van der Waals surface area contributed by atoms with Gasteiger partial charge in [0.2, 0.25) is 0 Å². The minimum atomic E-state index is -0.159. The molecule has 10 nitrogen and oxygen atoms in total. The molecule has 0 unspecified atom stereocenters. The lowest BCUT2D eigenvalue weighted by Crippen LogP contribution is -2.49. The first-order chi connectivity index (χ1) is 23.0. The molecular weight excluding hydrogens is 590 g/mol. The Morgan fingerprint density at radius 1 is 0.936 bits per heavy atom. The van der Waals surface area contributed by atoms with Crippen molar-refractivity contribution in [2.24, 2.45) is 0 Å². The molecule has 0 aliphatic carbocycles. The van der Waals surface area contributed by atoms with Gasteiger partial charge >= 0.3 is 0 Å². The first-order valence-electron chi connectivity index (χ1n) is 16.9. The number of amides is 1. The van der Waals surface area contributed by atoms with Crippen LogP contribution in [0.5, 0.6) is 17.4 Å². The number of carbonyl (C=O) groups excluding carboxylic acids is 1. The van der Waals surface area contributed by atoms with E-state index in [2.05, 4.69) is 86.4 Å². The molecule has 2 N–H and O–H groups in total. The topological polar surface area (TPSA) is 112 Å². The molecule has 1 amide bonds. The van der Waals surface area contributed by atoms with Crippen LogP contribution in [0.15, 0.2) is 78.9 Å². The Morgan fingerprint density at radius 3 is 2.38 bits per heavy atom. The number of H-pyrrole nitrogens is 1. The van der Waals surface area contributed by atoms with Crippen LogP contribution in [0.25, 0.3) is 11.0 Å². The highest BCUT2D eigenvalue weighted by Gasteiger charge is 2.44. The van der Waals surface area contributed by atoms with Crippen LogP contribution in [0, 0.1) is 6.92 Å². The number of carbonyl (C=O) groups is 1. The molecule has 5 aromatic rings. The smallest absolute Gasteiger partial charge is 0.277 e. The summed E-state index contributed by atoms with van der Waals surface area (Å²) in [5, 5.41) is 20.2. The molecule has 3 atom stereocenters. The molecule has 3 fully saturated rings. The van der Waals surface area contributed by atoms with Gasteiger partial charge in [-0.3, -0.25) is 9.69 Å². The van der Waals surface area contributed by atoms with Crippen molar-refractivity contribution in [2.75, 3.05) is 19.6 Å². The second kappa shape index (κ2) is 12.2. The normalized spacial score (nSPS) is 22.5. The zero-order chi connectivity index (χ0) is 32.0. The number of hydrogen-bond donors (Lipinski definition) is 2. The van der Waals surface area contributed by atoms with E-state index < -0.39 is 0 Å². The number of likely N-dealkylation sites (tertiary alicyclic amines) is 1. The Labute approximate surface area is 274 Å². The lowest BCUT2D eigenvalue weighted by atomic mass is 9.70. The summed E-state index contributed by atoms with van der Waals surface area (Å²) in [7, 11) is 0. The minimum Gasteiger partial charge on any atom is -0.508 e. The number of nitrogens with one attached hydrogen (secondary N) is 1. The number of nitrogens with zero attached hydrogens (tertiary/aromatic N) is 6. The van der Waals surface area contributed by atoms with Crippen LogP contribution in [0.2, 0.25) is 0 Å². The molecule has 0 saturated carbocycles. The quantitative estimate of drug-likeness (QED) is 0.204. The van der Waals surface area contributed by atoms with E-state index in [1.807, 2.05) is 4.90 Å². The molecule has 2 aromatic heterocycles. The average Bonchev–Trinajstić information content (AvgIpc) is 3.77. The number of ether oxygens (including phenoxy) is 1. The number of benzene rings is 3. The van der Waals surface area contributed by atoms with Gasteiger partial charge in [0.25, 0.3) is 11.8 Å². The largest absolute Gasteiger partial charge is 0.508 e. The van der Waals surface area contributed by atoms with Crippen molar-refractivity contribution in [3.8, 4) is 17.4 Å². The highest BCUT2D eigenvalue weighted by Crippen LogP contribution is 2.45. The van der Waals surface area contributed by atoms with Crippen molar-refractivity contribution in [3.63, 3.8) is 0 Å². The predicted octanol–water partition coefficient (Wildman–Crippen LogP) is 6.39. The van der Waals surface area contributed by atoms with Gasteiger partial charge in [0.1, 0.15) is 17.3 Å². The van der Waals surface area contributed by atoms with Gasteiger partial charge in [0, 0.05) is 31.2 Å². The maximum Gasteiger partial charge on any atom is 0.277 e. The van der Waals surface area contributed by atoms with Gasteiger partial charge in [0.15, 0.2) is 5.69 Å². The zero-order valence-electron chi connectivity index (χ0n) is 26.8. The number of imidazole rings is 1. The number of aromatic amines is 1. The SMILES string of the molecule is Cc1nc2ccccc2n1[C@H]1C[C@H]2CC[C@@H](C1)N2CCC1(c2ccccc2)CCN(C(=O)c2[nH]nnc2Oc2ccc(O)cc2)CC1. The van der Waals surface area contributed by atoms with Crippen LogP contribution >= 0.6 is 0 Å². The molecule has 10 heteroatoms. The number of fused-ring (bicyclic) bond motifs is 3. The predicted molar refractivity (Wildman–Crippen MR) is 179 cm³/mol. The molecule has 0 radical (unpaired) electrons. The average molecular weight is 632 g/mol. The molecule has 2 bridgehead atoms. The molecule has 3 aromatic carbocycles. The standard InChI is InChI=1S/C37H41N7O3/c1-25-38-32-9-5-6-10-33(32)44(25)29-23-27-11-12-28(24-29)43(27)22-19-37(26-7-3-2-4-8-26)17-20-42(21-18-37)36(46)34-35(40-41-39-34)47-31-15-13-30(45)14-16-31/h2-10,13-16,27-29,45H,11-12,17-24H2,1H3,(H,39,40,41)/t27-,28+,29+. The molecule has 5 heterocycles. The van der Waals surface area contributed by atoms with Crippen molar-refractivity contribution in [2.45, 2.75) is 75.4 Å². The number of hydrogen-bond acceptors (Lipinski definition) is 7. The Morgan fingerprint density at radius 2 is 1.64 bits per heavy atom. The van der Waals surface area contributed by atoms with Crippen molar-refractivity contribution in [3.05, 3.63) is 95.9 Å². The van der Waals surface area contributed by atoms with Gasteiger partial charge in [0.05, 0.1) is 11.0 Å². The van der Waals surface area contributed by atoms with Gasteiger partial charge in [-0.15, -0.1) is 0 Å². The van der Waals surface area contributed by atoms with Crippen LogP contribution in [-0.4, -0.2) is 77.5 Å². The first-order valence-corrected chi connectivity index (χ1v) is 16.9. The lowest BCUT2D eigenvalue weighted by molar-refractivity contribution is 0.0600. The monoisotopic (exact) mass is 631 g/mol. The molecule has 0 spiro atoms. The first kappa shape index (κ1) is 29.7. The highest BCUT2D eigenvalue weighted by molar-refractivity contribution is 5.94. The molecule has 3 saturated heterocycles. The number of aromatic nitrogens is 5. The van der Waals surface area contributed by atoms with Crippen LogP contribution in [0.3, 0.4) is 0 Å². The Bertz CT molecular complexity index is 1850.